The van der Waals surface area contributed by atoms with Crippen molar-refractivity contribution in [3.05, 3.63) is 48.6 Å². The average molecular weight is 800 g/mol. The normalized spacial score (nSPS) is 13.7. The second-order valence-corrected chi connectivity index (χ2v) is 16.5. The van der Waals surface area contributed by atoms with Crippen molar-refractivity contribution in [1.82, 2.24) is 5.32 Å². The zero-order chi connectivity index (χ0) is 41.7. The number of carbonyl (C=O) groups is 2. The summed E-state index contributed by atoms with van der Waals surface area (Å²) in [5.41, 5.74) is 0. The highest BCUT2D eigenvalue weighted by atomic mass is 16.5. The van der Waals surface area contributed by atoms with Gasteiger partial charge in [-0.2, -0.15) is 0 Å². The van der Waals surface area contributed by atoms with Crippen molar-refractivity contribution in [1.29, 1.82) is 0 Å². The summed E-state index contributed by atoms with van der Waals surface area (Å²) in [6.07, 6.45) is 53.3. The Morgan fingerprint density at radius 1 is 0.526 bits per heavy atom. The summed E-state index contributed by atoms with van der Waals surface area (Å²) in [5.74, 6) is -0.580. The van der Waals surface area contributed by atoms with E-state index >= 15 is 0 Å². The van der Waals surface area contributed by atoms with E-state index in [2.05, 4.69) is 68.6 Å². The number of amides is 1. The molecule has 0 aliphatic carbocycles. The maximum atomic E-state index is 13.1. The maximum Gasteiger partial charge on any atom is 0.306 e. The van der Waals surface area contributed by atoms with E-state index in [1.54, 1.807) is 0 Å². The highest BCUT2D eigenvalue weighted by Gasteiger charge is 2.24. The second kappa shape index (κ2) is 44.9. The number of rotatable bonds is 43. The molecule has 0 bridgehead atoms. The highest BCUT2D eigenvalue weighted by molar-refractivity contribution is 5.77. The Morgan fingerprint density at radius 3 is 1.46 bits per heavy atom. The molecule has 3 atom stereocenters. The van der Waals surface area contributed by atoms with Gasteiger partial charge in [0, 0.05) is 6.42 Å². The van der Waals surface area contributed by atoms with Gasteiger partial charge in [-0.15, -0.1) is 0 Å². The van der Waals surface area contributed by atoms with Crippen molar-refractivity contribution < 1.29 is 24.5 Å². The summed E-state index contributed by atoms with van der Waals surface area (Å²) >= 11 is 0. The number of hydrogen-bond acceptors (Lipinski definition) is 5. The first kappa shape index (κ1) is 54.8. The number of nitrogens with one attached hydrogen (secondary N) is 1. The highest BCUT2D eigenvalue weighted by Crippen LogP contribution is 2.16. The Bertz CT molecular complexity index is 988. The fourth-order valence-corrected chi connectivity index (χ4v) is 7.18. The molecule has 0 heterocycles. The number of aliphatic hydroxyl groups is 2. The summed E-state index contributed by atoms with van der Waals surface area (Å²) in [5, 5.41) is 23.6. The summed E-state index contributed by atoms with van der Waals surface area (Å²) in [7, 11) is 0. The molecule has 332 valence electrons. The molecule has 0 aromatic heterocycles. The van der Waals surface area contributed by atoms with Gasteiger partial charge in [-0.25, -0.2) is 0 Å². The van der Waals surface area contributed by atoms with Gasteiger partial charge in [-0.05, 0) is 70.6 Å². The first-order valence-electron chi connectivity index (χ1n) is 24.4. The first-order valence-corrected chi connectivity index (χ1v) is 24.4. The standard InChI is InChI=1S/C51H93NO5/c1-4-7-10-13-16-19-21-23-24-25-27-28-31-33-36-39-42-47(57-51(56)44-41-38-35-32-29-26-22-20-17-14-11-8-5-2)45-50(55)52-48(46-53)49(54)43-40-37-34-30-18-15-12-9-6-3/h24-29,35,38,47-49,53-54H,4-23,30-34,36-37,39-46H2,1-3H3,(H,52,55)/b25-24+,28-27+,29-26-,38-35+. The number of aliphatic hydroxyl groups excluding tert-OH is 2. The molecule has 57 heavy (non-hydrogen) atoms. The Kier molecular flexibility index (Phi) is 43.2. The zero-order valence-corrected chi connectivity index (χ0v) is 37.7. The van der Waals surface area contributed by atoms with E-state index in [4.69, 9.17) is 4.74 Å². The SMILES string of the molecule is CCCCCCCC/C=C\C/C=C/CCC(=O)OC(CCCCC/C=C/C=C/CCCCCCCCC)CC(=O)NC(CO)C(O)CCCCCCCCCCC. The Balaban J connectivity index is 4.72. The van der Waals surface area contributed by atoms with Crippen LogP contribution in [0.4, 0.5) is 0 Å². The van der Waals surface area contributed by atoms with Crippen LogP contribution in [-0.4, -0.2) is 46.9 Å². The lowest BCUT2D eigenvalue weighted by Gasteiger charge is -2.24. The lowest BCUT2D eigenvalue weighted by Crippen LogP contribution is -2.46. The van der Waals surface area contributed by atoms with E-state index in [9.17, 15) is 19.8 Å². The van der Waals surface area contributed by atoms with Gasteiger partial charge in [-0.3, -0.25) is 9.59 Å². The lowest BCUT2D eigenvalue weighted by atomic mass is 10.0. The van der Waals surface area contributed by atoms with Crippen LogP contribution in [-0.2, 0) is 14.3 Å². The van der Waals surface area contributed by atoms with Gasteiger partial charge < -0.3 is 20.3 Å². The predicted octanol–water partition coefficient (Wildman–Crippen LogP) is 14.3. The van der Waals surface area contributed by atoms with E-state index in [1.165, 1.54) is 122 Å². The van der Waals surface area contributed by atoms with Crippen molar-refractivity contribution in [3.8, 4) is 0 Å². The molecule has 3 N–H and O–H groups in total. The van der Waals surface area contributed by atoms with Crippen LogP contribution < -0.4 is 5.32 Å². The molecule has 0 radical (unpaired) electrons. The zero-order valence-electron chi connectivity index (χ0n) is 37.7. The van der Waals surface area contributed by atoms with Crippen LogP contribution in [0.3, 0.4) is 0 Å². The summed E-state index contributed by atoms with van der Waals surface area (Å²) < 4.78 is 5.87. The fourth-order valence-electron chi connectivity index (χ4n) is 7.18. The molecule has 0 aliphatic heterocycles. The van der Waals surface area contributed by atoms with Crippen molar-refractivity contribution >= 4 is 11.9 Å². The van der Waals surface area contributed by atoms with Crippen molar-refractivity contribution in [2.75, 3.05) is 6.61 Å². The quantitative estimate of drug-likeness (QED) is 0.0247. The minimum atomic E-state index is -0.801. The third-order valence-electron chi connectivity index (χ3n) is 10.9. The van der Waals surface area contributed by atoms with Crippen LogP contribution >= 0.6 is 0 Å². The molecule has 0 rings (SSSR count). The van der Waals surface area contributed by atoms with Gasteiger partial charge in [0.1, 0.15) is 6.10 Å². The number of esters is 1. The van der Waals surface area contributed by atoms with Crippen molar-refractivity contribution in [3.63, 3.8) is 0 Å². The molecule has 6 heteroatoms. The largest absolute Gasteiger partial charge is 0.462 e. The Labute approximate surface area is 353 Å². The Morgan fingerprint density at radius 2 is 0.947 bits per heavy atom. The minimum absolute atomic E-state index is 0.0374. The molecule has 0 aromatic rings. The third-order valence-corrected chi connectivity index (χ3v) is 10.9. The topological polar surface area (TPSA) is 95.9 Å². The van der Waals surface area contributed by atoms with Gasteiger partial charge >= 0.3 is 5.97 Å². The van der Waals surface area contributed by atoms with Gasteiger partial charge in [0.15, 0.2) is 0 Å². The molecule has 0 saturated heterocycles. The van der Waals surface area contributed by atoms with Crippen LogP contribution in [0, 0.1) is 0 Å². The van der Waals surface area contributed by atoms with Crippen molar-refractivity contribution in [2.24, 2.45) is 0 Å². The number of hydrogen-bond donors (Lipinski definition) is 3. The van der Waals surface area contributed by atoms with E-state index in [0.717, 1.165) is 64.2 Å². The molecular formula is C51H93NO5. The third kappa shape index (κ3) is 40.4. The van der Waals surface area contributed by atoms with E-state index in [1.807, 2.05) is 6.08 Å². The van der Waals surface area contributed by atoms with Gasteiger partial charge in [-0.1, -0.05) is 204 Å². The van der Waals surface area contributed by atoms with E-state index in [0.29, 0.717) is 19.3 Å². The van der Waals surface area contributed by atoms with Crippen LogP contribution in [0.25, 0.3) is 0 Å². The van der Waals surface area contributed by atoms with E-state index in [-0.39, 0.29) is 31.3 Å². The average Bonchev–Trinajstić information content (AvgIpc) is 3.20. The number of carbonyl (C=O) groups excluding carboxylic acids is 2. The van der Waals surface area contributed by atoms with Gasteiger partial charge in [0.2, 0.25) is 5.91 Å². The maximum absolute atomic E-state index is 13.1. The molecule has 1 amide bonds. The monoisotopic (exact) mass is 800 g/mol. The molecule has 3 unspecified atom stereocenters. The van der Waals surface area contributed by atoms with Crippen LogP contribution in [0.2, 0.25) is 0 Å². The molecular weight excluding hydrogens is 707 g/mol. The lowest BCUT2D eigenvalue weighted by molar-refractivity contribution is -0.150. The van der Waals surface area contributed by atoms with Crippen LogP contribution in [0.1, 0.15) is 239 Å². The predicted molar refractivity (Wildman–Crippen MR) is 245 cm³/mol. The van der Waals surface area contributed by atoms with Crippen LogP contribution in [0.15, 0.2) is 48.6 Å². The summed E-state index contributed by atoms with van der Waals surface area (Å²) in [6, 6.07) is -0.718. The van der Waals surface area contributed by atoms with Gasteiger partial charge in [0.05, 0.1) is 25.2 Å². The van der Waals surface area contributed by atoms with Crippen LogP contribution in [0.5, 0.6) is 0 Å². The second-order valence-electron chi connectivity index (χ2n) is 16.5. The summed E-state index contributed by atoms with van der Waals surface area (Å²) in [6.45, 7) is 6.42. The Hall–Kier alpha value is -2.18. The molecule has 0 saturated carbocycles. The minimum Gasteiger partial charge on any atom is -0.462 e. The molecule has 0 spiro atoms. The van der Waals surface area contributed by atoms with Crippen molar-refractivity contribution in [2.45, 2.75) is 257 Å². The number of ether oxygens (including phenoxy) is 1. The first-order chi connectivity index (χ1) is 28.0. The van der Waals surface area contributed by atoms with E-state index < -0.39 is 18.2 Å². The fraction of sp³-hybridized carbons (Fsp3) is 0.804. The van der Waals surface area contributed by atoms with Gasteiger partial charge in [0.25, 0.3) is 0 Å². The molecule has 6 nitrogen and oxygen atoms in total. The number of unbranched alkanes of at least 4 members (excludes halogenated alkanes) is 24. The molecule has 0 fully saturated rings. The molecule has 0 aromatic carbocycles. The number of allylic oxidation sites excluding steroid dienone is 8. The smallest absolute Gasteiger partial charge is 0.306 e. The molecule has 0 aliphatic rings. The summed E-state index contributed by atoms with van der Waals surface area (Å²) in [4.78, 5) is 26.0.